The van der Waals surface area contributed by atoms with E-state index in [1.165, 1.54) is 16.7 Å². The molecule has 1 N–H and O–H groups in total. The SMILES string of the molecule is O=C(O)C1CSC(c2ccccc2Cl)N1C(=O)OCC1c2ccccc2-c2ccccc21. The van der Waals surface area contributed by atoms with Gasteiger partial charge in [-0.15, -0.1) is 11.8 Å². The van der Waals surface area contributed by atoms with Gasteiger partial charge in [0, 0.05) is 22.3 Å². The maximum Gasteiger partial charge on any atom is 0.411 e. The smallest absolute Gasteiger partial charge is 0.411 e. The molecule has 1 aliphatic carbocycles. The van der Waals surface area contributed by atoms with Crippen LogP contribution in [0.25, 0.3) is 11.1 Å². The first-order chi connectivity index (χ1) is 15.6. The molecule has 5 rings (SSSR count). The van der Waals surface area contributed by atoms with Gasteiger partial charge in [0.05, 0.1) is 0 Å². The molecule has 1 aliphatic heterocycles. The molecule has 1 saturated heterocycles. The van der Waals surface area contributed by atoms with Gasteiger partial charge >= 0.3 is 12.1 Å². The Morgan fingerprint density at radius 1 is 0.938 bits per heavy atom. The predicted molar refractivity (Wildman–Crippen MR) is 125 cm³/mol. The van der Waals surface area contributed by atoms with Crippen molar-refractivity contribution in [1.29, 1.82) is 0 Å². The summed E-state index contributed by atoms with van der Waals surface area (Å²) in [6.07, 6.45) is -0.644. The summed E-state index contributed by atoms with van der Waals surface area (Å²) in [5.41, 5.74) is 5.19. The Morgan fingerprint density at radius 2 is 1.50 bits per heavy atom. The molecule has 162 valence electrons. The number of hydrogen-bond acceptors (Lipinski definition) is 4. The van der Waals surface area contributed by atoms with Crippen LogP contribution in [0.2, 0.25) is 5.02 Å². The Hall–Kier alpha value is -2.96. The number of amides is 1. The Kier molecular flexibility index (Phi) is 5.57. The van der Waals surface area contributed by atoms with Crippen molar-refractivity contribution in [2.45, 2.75) is 17.3 Å². The number of carbonyl (C=O) groups excluding carboxylic acids is 1. The van der Waals surface area contributed by atoms with E-state index < -0.39 is 23.5 Å². The molecular weight excluding hydrogens is 446 g/mol. The number of fused-ring (bicyclic) bond motifs is 3. The molecule has 0 radical (unpaired) electrons. The molecule has 1 amide bonds. The van der Waals surface area contributed by atoms with Crippen molar-refractivity contribution >= 4 is 35.4 Å². The second kappa shape index (κ2) is 8.52. The Bertz CT molecular complexity index is 1150. The summed E-state index contributed by atoms with van der Waals surface area (Å²) in [4.78, 5) is 26.4. The summed E-state index contributed by atoms with van der Waals surface area (Å²) in [6.45, 7) is 0.135. The third-order valence-corrected chi connectivity index (χ3v) is 7.65. The fraction of sp³-hybridized carbons (Fsp3) is 0.200. The molecule has 0 bridgehead atoms. The Labute approximate surface area is 195 Å². The van der Waals surface area contributed by atoms with Gasteiger partial charge in [-0.25, -0.2) is 9.59 Å². The van der Waals surface area contributed by atoms with Gasteiger partial charge in [-0.05, 0) is 28.3 Å². The third-order valence-electron chi connectivity index (χ3n) is 6.00. The maximum absolute atomic E-state index is 13.2. The highest BCUT2D eigenvalue weighted by Gasteiger charge is 2.44. The van der Waals surface area contributed by atoms with Gasteiger partial charge in [-0.3, -0.25) is 4.90 Å². The zero-order chi connectivity index (χ0) is 22.2. The van der Waals surface area contributed by atoms with E-state index in [1.54, 1.807) is 12.1 Å². The molecule has 2 atom stereocenters. The highest BCUT2D eigenvalue weighted by molar-refractivity contribution is 7.99. The number of carboxylic acid groups (broad SMARTS) is 1. The van der Waals surface area contributed by atoms with Gasteiger partial charge < -0.3 is 9.84 Å². The van der Waals surface area contributed by atoms with Crippen molar-refractivity contribution in [3.05, 3.63) is 94.5 Å². The van der Waals surface area contributed by atoms with Gasteiger partial charge in [-0.2, -0.15) is 0 Å². The average molecular weight is 466 g/mol. The minimum Gasteiger partial charge on any atom is -0.480 e. The predicted octanol–water partition coefficient (Wildman–Crippen LogP) is 5.79. The van der Waals surface area contributed by atoms with E-state index >= 15 is 0 Å². The first-order valence-electron chi connectivity index (χ1n) is 10.3. The van der Waals surface area contributed by atoms with Crippen LogP contribution in [0.4, 0.5) is 4.79 Å². The number of benzene rings is 3. The first-order valence-corrected chi connectivity index (χ1v) is 11.7. The fourth-order valence-corrected chi connectivity index (χ4v) is 6.25. The van der Waals surface area contributed by atoms with Crippen molar-refractivity contribution in [3.8, 4) is 11.1 Å². The number of thioether (sulfide) groups is 1. The molecule has 2 unspecified atom stereocenters. The lowest BCUT2D eigenvalue weighted by atomic mass is 9.98. The van der Waals surface area contributed by atoms with E-state index in [2.05, 4.69) is 12.1 Å². The van der Waals surface area contributed by atoms with E-state index in [0.717, 1.165) is 22.3 Å². The number of nitrogens with zero attached hydrogens (tertiary/aromatic N) is 1. The molecule has 1 fully saturated rings. The van der Waals surface area contributed by atoms with Crippen LogP contribution in [0.3, 0.4) is 0 Å². The number of rotatable bonds is 4. The lowest BCUT2D eigenvalue weighted by Gasteiger charge is -2.28. The average Bonchev–Trinajstić information content (AvgIpc) is 3.38. The van der Waals surface area contributed by atoms with Crippen molar-refractivity contribution in [2.75, 3.05) is 12.4 Å². The zero-order valence-electron chi connectivity index (χ0n) is 17.0. The maximum atomic E-state index is 13.2. The molecule has 1 heterocycles. The van der Waals surface area contributed by atoms with E-state index in [1.807, 2.05) is 48.5 Å². The van der Waals surface area contributed by atoms with Crippen LogP contribution >= 0.6 is 23.4 Å². The molecule has 3 aromatic rings. The molecule has 5 nitrogen and oxygen atoms in total. The minimum absolute atomic E-state index is 0.0938. The van der Waals surface area contributed by atoms with Crippen LogP contribution in [0.5, 0.6) is 0 Å². The second-order valence-corrected chi connectivity index (χ2v) is 9.29. The van der Waals surface area contributed by atoms with Gasteiger partial charge in [0.2, 0.25) is 0 Å². The minimum atomic E-state index is -1.06. The molecule has 0 saturated carbocycles. The lowest BCUT2D eigenvalue weighted by Crippen LogP contribution is -2.43. The number of halogens is 1. The standard InChI is InChI=1S/C25H20ClNO4S/c26-21-12-6-5-11-19(21)23-27(22(14-32-23)24(28)29)25(30)31-13-20-17-9-3-1-7-15(17)16-8-2-4-10-18(16)20/h1-12,20,22-23H,13-14H2,(H,28,29). The monoisotopic (exact) mass is 465 g/mol. The summed E-state index contributed by atoms with van der Waals surface area (Å²) in [5, 5.41) is 9.69. The fourth-order valence-electron chi connectivity index (χ4n) is 4.50. The summed E-state index contributed by atoms with van der Waals surface area (Å²) < 4.78 is 5.76. The molecule has 32 heavy (non-hydrogen) atoms. The largest absolute Gasteiger partial charge is 0.480 e. The van der Waals surface area contributed by atoms with Crippen LogP contribution in [0, 0.1) is 0 Å². The summed E-state index contributed by atoms with van der Waals surface area (Å²) >= 11 is 7.73. The number of hydrogen-bond donors (Lipinski definition) is 1. The van der Waals surface area contributed by atoms with Gasteiger partial charge in [0.25, 0.3) is 0 Å². The van der Waals surface area contributed by atoms with Gasteiger partial charge in [-0.1, -0.05) is 78.3 Å². The Morgan fingerprint density at radius 3 is 2.09 bits per heavy atom. The van der Waals surface area contributed by atoms with Gasteiger partial charge in [0.1, 0.15) is 18.0 Å². The highest BCUT2D eigenvalue weighted by atomic mass is 35.5. The molecule has 3 aromatic carbocycles. The number of aliphatic carboxylic acids is 1. The lowest BCUT2D eigenvalue weighted by molar-refractivity contribution is -0.141. The van der Waals surface area contributed by atoms with Crippen LogP contribution in [0.15, 0.2) is 72.8 Å². The van der Waals surface area contributed by atoms with E-state index in [4.69, 9.17) is 16.3 Å². The third kappa shape index (κ3) is 3.53. The molecule has 7 heteroatoms. The Balaban J connectivity index is 1.41. The van der Waals surface area contributed by atoms with Crippen molar-refractivity contribution in [2.24, 2.45) is 0 Å². The topological polar surface area (TPSA) is 66.8 Å². The van der Waals surface area contributed by atoms with E-state index in [-0.39, 0.29) is 18.3 Å². The molecule has 2 aliphatic rings. The summed E-state index contributed by atoms with van der Waals surface area (Å²) in [5.74, 6) is -0.876. The zero-order valence-corrected chi connectivity index (χ0v) is 18.6. The molecular formula is C25H20ClNO4S. The van der Waals surface area contributed by atoms with E-state index in [9.17, 15) is 14.7 Å². The van der Waals surface area contributed by atoms with E-state index in [0.29, 0.717) is 10.6 Å². The van der Waals surface area contributed by atoms with Crippen LogP contribution in [0.1, 0.15) is 28.0 Å². The van der Waals surface area contributed by atoms with Crippen LogP contribution in [-0.2, 0) is 9.53 Å². The quantitative estimate of drug-likeness (QED) is 0.528. The number of ether oxygens (including phenoxy) is 1. The normalized spacial score (nSPS) is 19.5. The highest BCUT2D eigenvalue weighted by Crippen LogP contribution is 2.46. The number of carboxylic acids is 1. The molecule has 0 aromatic heterocycles. The second-order valence-electron chi connectivity index (χ2n) is 7.77. The summed E-state index contributed by atoms with van der Waals surface area (Å²) in [6, 6.07) is 22.4. The van der Waals surface area contributed by atoms with Crippen LogP contribution < -0.4 is 0 Å². The number of carbonyl (C=O) groups is 2. The van der Waals surface area contributed by atoms with Crippen molar-refractivity contribution < 1.29 is 19.4 Å². The molecule has 0 spiro atoms. The van der Waals surface area contributed by atoms with Gasteiger partial charge in [0.15, 0.2) is 0 Å². The van der Waals surface area contributed by atoms with Crippen molar-refractivity contribution in [3.63, 3.8) is 0 Å². The van der Waals surface area contributed by atoms with Crippen molar-refractivity contribution in [1.82, 2.24) is 4.90 Å². The van der Waals surface area contributed by atoms with Crippen LogP contribution in [-0.4, -0.2) is 40.5 Å². The summed E-state index contributed by atoms with van der Waals surface area (Å²) in [7, 11) is 0. The first kappa shape index (κ1) is 20.9.